The van der Waals surface area contributed by atoms with Crippen LogP contribution in [0.3, 0.4) is 0 Å². The Morgan fingerprint density at radius 1 is 1.40 bits per heavy atom. The Kier molecular flexibility index (Phi) is 4.02. The van der Waals surface area contributed by atoms with Crippen molar-refractivity contribution in [3.05, 3.63) is 40.8 Å². The molecule has 1 aliphatic carbocycles. The van der Waals surface area contributed by atoms with Gasteiger partial charge < -0.3 is 10.6 Å². The van der Waals surface area contributed by atoms with Crippen molar-refractivity contribution >= 4 is 17.6 Å². The standard InChI is InChI=1S/C13H9F4N5O3/c14-6-2-1-5-3-8(7(5)4-6)19-11(9-10(18)21-25-20-9)22-24-12(23)13(15,16)17/h1-2,4,8H,3H2,(H2,18,21)(H,19,22). The van der Waals surface area contributed by atoms with Gasteiger partial charge in [0, 0.05) is 0 Å². The minimum Gasteiger partial charge on any atom is -0.379 e. The molecule has 0 spiro atoms. The van der Waals surface area contributed by atoms with Crippen LogP contribution >= 0.6 is 0 Å². The van der Waals surface area contributed by atoms with Gasteiger partial charge in [0.25, 0.3) is 0 Å². The Balaban J connectivity index is 1.85. The van der Waals surface area contributed by atoms with Crippen molar-refractivity contribution in [2.75, 3.05) is 5.73 Å². The van der Waals surface area contributed by atoms with E-state index >= 15 is 0 Å². The number of nitrogens with zero attached hydrogens (tertiary/aromatic N) is 3. The Bertz CT molecular complexity index is 848. The number of anilines is 1. The highest BCUT2D eigenvalue weighted by atomic mass is 19.4. The van der Waals surface area contributed by atoms with Crippen molar-refractivity contribution in [2.45, 2.75) is 18.6 Å². The van der Waals surface area contributed by atoms with Gasteiger partial charge in [0.1, 0.15) is 5.82 Å². The molecule has 25 heavy (non-hydrogen) atoms. The summed E-state index contributed by atoms with van der Waals surface area (Å²) in [6.45, 7) is 0. The number of aromatic nitrogens is 2. The number of nitrogens with two attached hydrogens (primary N) is 1. The van der Waals surface area contributed by atoms with E-state index in [4.69, 9.17) is 5.73 Å². The second kappa shape index (κ2) is 6.03. The van der Waals surface area contributed by atoms with Gasteiger partial charge >= 0.3 is 12.1 Å². The molecular weight excluding hydrogens is 350 g/mol. The first-order valence-corrected chi connectivity index (χ1v) is 6.74. The SMILES string of the molecule is Nc1nonc1C(=NC1Cc2ccc(F)cc21)NOC(=O)C(F)(F)F. The van der Waals surface area contributed by atoms with Gasteiger partial charge in [-0.25, -0.2) is 13.8 Å². The number of fused-ring (bicyclic) bond motifs is 1. The number of carbonyl (C=O) groups is 1. The van der Waals surface area contributed by atoms with Crippen LogP contribution in [0.5, 0.6) is 0 Å². The van der Waals surface area contributed by atoms with Gasteiger partial charge in [-0.15, -0.1) is 0 Å². The lowest BCUT2D eigenvalue weighted by atomic mass is 9.83. The molecule has 132 valence electrons. The fraction of sp³-hybridized carbons (Fsp3) is 0.231. The van der Waals surface area contributed by atoms with Gasteiger partial charge in [-0.3, -0.25) is 4.99 Å². The molecule has 1 aromatic carbocycles. The summed E-state index contributed by atoms with van der Waals surface area (Å²) in [7, 11) is 0. The van der Waals surface area contributed by atoms with E-state index in [9.17, 15) is 22.4 Å². The zero-order chi connectivity index (χ0) is 18.2. The number of carbonyl (C=O) groups excluding carboxylic acids is 1. The lowest BCUT2D eigenvalue weighted by molar-refractivity contribution is -0.203. The molecule has 1 aliphatic rings. The highest BCUT2D eigenvalue weighted by molar-refractivity contribution is 6.00. The molecule has 1 heterocycles. The molecule has 0 saturated carbocycles. The first-order valence-electron chi connectivity index (χ1n) is 6.74. The summed E-state index contributed by atoms with van der Waals surface area (Å²) < 4.78 is 54.4. The average Bonchev–Trinajstić information content (AvgIpc) is 2.94. The van der Waals surface area contributed by atoms with Crippen LogP contribution < -0.4 is 11.2 Å². The molecule has 1 aromatic heterocycles. The summed E-state index contributed by atoms with van der Waals surface area (Å²) in [5, 5.41) is 6.66. The second-order valence-electron chi connectivity index (χ2n) is 5.03. The normalized spacial score (nSPS) is 16.8. The average molecular weight is 359 g/mol. The van der Waals surface area contributed by atoms with Gasteiger partial charge in [-0.2, -0.15) is 18.7 Å². The summed E-state index contributed by atoms with van der Waals surface area (Å²) in [5.74, 6) is -3.67. The van der Waals surface area contributed by atoms with Crippen LogP contribution in [0.4, 0.5) is 23.4 Å². The number of halogens is 4. The van der Waals surface area contributed by atoms with Gasteiger partial charge in [-0.1, -0.05) is 6.07 Å². The summed E-state index contributed by atoms with van der Waals surface area (Å²) in [4.78, 5) is 18.8. The van der Waals surface area contributed by atoms with Gasteiger partial charge in [0.2, 0.25) is 0 Å². The Hall–Kier alpha value is -3.18. The lowest BCUT2D eigenvalue weighted by Gasteiger charge is -2.27. The van der Waals surface area contributed by atoms with Crippen LogP contribution in [-0.4, -0.2) is 28.3 Å². The number of hydrogen-bond acceptors (Lipinski definition) is 7. The minimum absolute atomic E-state index is 0.250. The Morgan fingerprint density at radius 2 is 2.16 bits per heavy atom. The maximum absolute atomic E-state index is 13.3. The fourth-order valence-corrected chi connectivity index (χ4v) is 2.17. The first-order chi connectivity index (χ1) is 11.8. The summed E-state index contributed by atoms with van der Waals surface area (Å²) in [6, 6.07) is 3.51. The summed E-state index contributed by atoms with van der Waals surface area (Å²) in [6.07, 6.45) is -4.81. The molecule has 3 rings (SSSR count). The monoisotopic (exact) mass is 359 g/mol. The van der Waals surface area contributed by atoms with Gasteiger partial charge in [-0.05, 0) is 40.0 Å². The van der Waals surface area contributed by atoms with Crippen molar-refractivity contribution in [1.82, 2.24) is 15.8 Å². The van der Waals surface area contributed by atoms with Crippen molar-refractivity contribution < 1.29 is 31.8 Å². The number of aliphatic imine (C=N–C) groups is 1. The highest BCUT2D eigenvalue weighted by Gasteiger charge is 2.42. The summed E-state index contributed by atoms with van der Waals surface area (Å²) in [5.41, 5.74) is 8.35. The number of hydroxylamine groups is 1. The predicted molar refractivity (Wildman–Crippen MR) is 73.4 cm³/mol. The maximum atomic E-state index is 13.3. The van der Waals surface area contributed by atoms with Crippen molar-refractivity contribution in [1.29, 1.82) is 0 Å². The van der Waals surface area contributed by atoms with E-state index < -0.39 is 29.8 Å². The molecule has 3 N–H and O–H groups in total. The van der Waals surface area contributed by atoms with Crippen molar-refractivity contribution in [3.63, 3.8) is 0 Å². The second-order valence-corrected chi connectivity index (χ2v) is 5.03. The van der Waals surface area contributed by atoms with Gasteiger partial charge in [0.05, 0.1) is 6.04 Å². The van der Waals surface area contributed by atoms with E-state index in [0.29, 0.717) is 12.0 Å². The molecule has 0 amide bonds. The molecule has 2 aromatic rings. The quantitative estimate of drug-likeness (QED) is 0.361. The van der Waals surface area contributed by atoms with Crippen LogP contribution in [0.2, 0.25) is 0 Å². The molecule has 8 nitrogen and oxygen atoms in total. The largest absolute Gasteiger partial charge is 0.493 e. The number of benzene rings is 1. The number of nitrogen functional groups attached to an aromatic ring is 1. The minimum atomic E-state index is -5.21. The first kappa shape index (κ1) is 16.7. The highest BCUT2D eigenvalue weighted by Crippen LogP contribution is 2.36. The molecule has 1 unspecified atom stereocenters. The third kappa shape index (κ3) is 3.36. The van der Waals surface area contributed by atoms with Crippen LogP contribution in [0, 0.1) is 5.82 Å². The zero-order valence-corrected chi connectivity index (χ0v) is 12.2. The van der Waals surface area contributed by atoms with Crippen LogP contribution in [0.15, 0.2) is 27.8 Å². The Labute approximate surface area is 136 Å². The molecule has 0 fully saturated rings. The third-order valence-electron chi connectivity index (χ3n) is 3.38. The maximum Gasteiger partial charge on any atom is 0.493 e. The number of nitrogens with one attached hydrogen (secondary N) is 1. The predicted octanol–water partition coefficient (Wildman–Crippen LogP) is 1.44. The van der Waals surface area contributed by atoms with E-state index in [-0.39, 0.29) is 11.5 Å². The van der Waals surface area contributed by atoms with Crippen LogP contribution in [0.25, 0.3) is 0 Å². The smallest absolute Gasteiger partial charge is 0.379 e. The van der Waals surface area contributed by atoms with Crippen molar-refractivity contribution in [3.8, 4) is 0 Å². The number of rotatable bonds is 2. The molecule has 0 bridgehead atoms. The Morgan fingerprint density at radius 3 is 2.80 bits per heavy atom. The van der Waals surface area contributed by atoms with E-state index in [2.05, 4.69) is 24.8 Å². The molecule has 12 heteroatoms. The van der Waals surface area contributed by atoms with E-state index in [1.54, 1.807) is 11.5 Å². The third-order valence-corrected chi connectivity index (χ3v) is 3.38. The lowest BCUT2D eigenvalue weighted by Crippen LogP contribution is -2.36. The number of hydrogen-bond donors (Lipinski definition) is 2. The molecule has 0 aliphatic heterocycles. The van der Waals surface area contributed by atoms with Crippen LogP contribution in [0.1, 0.15) is 22.9 Å². The van der Waals surface area contributed by atoms with E-state index in [1.165, 1.54) is 12.1 Å². The van der Waals surface area contributed by atoms with Gasteiger partial charge in [0.15, 0.2) is 17.3 Å². The topological polar surface area (TPSA) is 116 Å². The number of amidine groups is 1. The van der Waals surface area contributed by atoms with Crippen molar-refractivity contribution in [2.24, 2.45) is 4.99 Å². The molecule has 0 saturated heterocycles. The molecule has 1 atom stereocenters. The van der Waals surface area contributed by atoms with E-state index in [1.807, 2.05) is 0 Å². The molecular formula is C13H9F4N5O3. The number of alkyl halides is 3. The zero-order valence-electron chi connectivity index (χ0n) is 12.2. The van der Waals surface area contributed by atoms with Crippen LogP contribution in [-0.2, 0) is 16.1 Å². The molecule has 0 radical (unpaired) electrons. The fourth-order valence-electron chi connectivity index (χ4n) is 2.17. The summed E-state index contributed by atoms with van der Waals surface area (Å²) >= 11 is 0. The van der Waals surface area contributed by atoms with E-state index in [0.717, 1.165) is 5.56 Å².